The average molecular weight is 391 g/mol. The Labute approximate surface area is 158 Å². The maximum Gasteiger partial charge on any atom is 0.440 e. The summed E-state index contributed by atoms with van der Waals surface area (Å²) in [6, 6.07) is 14.6. The van der Waals surface area contributed by atoms with Crippen LogP contribution in [0.15, 0.2) is 60.7 Å². The van der Waals surface area contributed by atoms with E-state index in [2.05, 4.69) is 0 Å². The van der Waals surface area contributed by atoms with E-state index in [1.807, 2.05) is 0 Å². The molecule has 0 aliphatic carbocycles. The van der Waals surface area contributed by atoms with E-state index in [1.54, 1.807) is 47.0 Å². The normalized spacial score (nSPS) is 19.5. The summed E-state index contributed by atoms with van der Waals surface area (Å²) in [5.74, 6) is -2.69. The van der Waals surface area contributed by atoms with E-state index in [9.17, 15) is 27.6 Å². The van der Waals surface area contributed by atoms with Crippen molar-refractivity contribution >= 4 is 17.8 Å². The number of nitrogens with one attached hydrogen (secondary N) is 2. The van der Waals surface area contributed by atoms with Crippen molar-refractivity contribution < 1.29 is 27.6 Å². The Bertz CT molecular complexity index is 888. The number of alkyl halides is 3. The van der Waals surface area contributed by atoms with Crippen molar-refractivity contribution in [3.63, 3.8) is 0 Å². The zero-order valence-corrected chi connectivity index (χ0v) is 14.5. The van der Waals surface area contributed by atoms with Gasteiger partial charge in [-0.05, 0) is 24.1 Å². The third kappa shape index (κ3) is 3.55. The molecule has 2 aromatic rings. The second-order valence-electron chi connectivity index (χ2n) is 6.19. The molecule has 0 spiro atoms. The molecule has 2 aromatic carbocycles. The van der Waals surface area contributed by atoms with Gasteiger partial charge in [0.05, 0.1) is 0 Å². The molecule has 146 valence electrons. The average Bonchev–Trinajstić information content (AvgIpc) is 2.92. The van der Waals surface area contributed by atoms with Crippen molar-refractivity contribution in [1.82, 2.24) is 15.5 Å². The summed E-state index contributed by atoms with van der Waals surface area (Å²) in [5.41, 5.74) is -2.83. The molecular weight excluding hydrogens is 375 g/mol. The van der Waals surface area contributed by atoms with Crippen molar-refractivity contribution in [3.05, 3.63) is 71.8 Å². The molecule has 0 unspecified atom stereocenters. The Morgan fingerprint density at radius 2 is 1.57 bits per heavy atom. The minimum absolute atomic E-state index is 0.0732. The molecule has 4 amide bonds. The highest BCUT2D eigenvalue weighted by Gasteiger charge is 2.68. The molecule has 1 aliphatic heterocycles. The van der Waals surface area contributed by atoms with E-state index >= 15 is 0 Å². The van der Waals surface area contributed by atoms with E-state index < -0.39 is 29.7 Å². The molecule has 1 saturated heterocycles. The van der Waals surface area contributed by atoms with Crippen LogP contribution in [-0.4, -0.2) is 41.1 Å². The number of hydrogen-bond acceptors (Lipinski definition) is 3. The highest BCUT2D eigenvalue weighted by atomic mass is 19.4. The van der Waals surface area contributed by atoms with E-state index in [4.69, 9.17) is 0 Å². The summed E-state index contributed by atoms with van der Waals surface area (Å²) in [6.45, 7) is -0.256. The van der Waals surface area contributed by atoms with Crippen molar-refractivity contribution in [2.45, 2.75) is 18.3 Å². The number of hydrogen-bond donors (Lipinski definition) is 2. The third-order valence-electron chi connectivity index (χ3n) is 4.33. The van der Waals surface area contributed by atoms with Gasteiger partial charge >= 0.3 is 12.2 Å². The monoisotopic (exact) mass is 391 g/mol. The topological polar surface area (TPSA) is 78.5 Å². The Balaban J connectivity index is 1.84. The lowest BCUT2D eigenvalue weighted by atomic mass is 10.1. The number of carbonyl (C=O) groups is 3. The van der Waals surface area contributed by atoms with Crippen LogP contribution in [0.1, 0.15) is 15.9 Å². The van der Waals surface area contributed by atoms with Crippen LogP contribution in [0.3, 0.4) is 0 Å². The van der Waals surface area contributed by atoms with Crippen LogP contribution in [-0.2, 0) is 11.2 Å². The van der Waals surface area contributed by atoms with Crippen LogP contribution in [0.4, 0.5) is 18.0 Å². The number of imide groups is 1. The van der Waals surface area contributed by atoms with Crippen LogP contribution < -0.4 is 10.6 Å². The summed E-state index contributed by atoms with van der Waals surface area (Å²) in [7, 11) is 0. The fraction of sp³-hybridized carbons (Fsp3) is 0.211. The van der Waals surface area contributed by atoms with Gasteiger partial charge in [-0.15, -0.1) is 0 Å². The Morgan fingerprint density at radius 1 is 1.00 bits per heavy atom. The minimum atomic E-state index is -5.23. The standard InChI is InChI=1S/C19H16F3N3O3/c20-19(21,22)18(23-15(26)14-9-5-2-6-10-14)16(27)25(17(28)24-18)12-11-13-7-3-1-4-8-13/h1-10H,11-12H2,(H,23,26)(H,24,28)/t18-/m1/s1. The molecule has 6 nitrogen and oxygen atoms in total. The quantitative estimate of drug-likeness (QED) is 0.769. The van der Waals surface area contributed by atoms with Gasteiger partial charge in [-0.1, -0.05) is 48.5 Å². The number of benzene rings is 2. The van der Waals surface area contributed by atoms with Gasteiger partial charge in [0, 0.05) is 12.1 Å². The lowest BCUT2D eigenvalue weighted by Gasteiger charge is -2.29. The molecule has 2 N–H and O–H groups in total. The number of rotatable bonds is 5. The van der Waals surface area contributed by atoms with E-state index in [0.717, 1.165) is 5.56 Å². The van der Waals surface area contributed by atoms with Crippen LogP contribution in [0.25, 0.3) is 0 Å². The molecule has 0 radical (unpaired) electrons. The summed E-state index contributed by atoms with van der Waals surface area (Å²) in [6.07, 6.45) is -5.05. The SMILES string of the molecule is O=C(N[C@@]1(C(F)(F)F)NC(=O)N(CCc2ccccc2)C1=O)c1ccccc1. The van der Waals surface area contributed by atoms with Crippen molar-refractivity contribution in [1.29, 1.82) is 0 Å². The molecule has 3 rings (SSSR count). The van der Waals surface area contributed by atoms with Gasteiger partial charge in [0.25, 0.3) is 17.5 Å². The Hall–Kier alpha value is -3.36. The smallest absolute Gasteiger partial charge is 0.314 e. The first-order valence-electron chi connectivity index (χ1n) is 8.37. The van der Waals surface area contributed by atoms with Crippen LogP contribution in [0.5, 0.6) is 0 Å². The molecule has 0 bridgehead atoms. The fourth-order valence-corrected chi connectivity index (χ4v) is 2.84. The summed E-state index contributed by atoms with van der Waals surface area (Å²) in [5, 5.41) is 3.29. The van der Waals surface area contributed by atoms with Gasteiger partial charge < -0.3 is 5.32 Å². The number of nitrogens with zero attached hydrogens (tertiary/aromatic N) is 1. The Kier molecular flexibility index (Phi) is 5.08. The third-order valence-corrected chi connectivity index (χ3v) is 4.33. The largest absolute Gasteiger partial charge is 0.440 e. The number of halogens is 3. The molecule has 9 heteroatoms. The molecule has 1 fully saturated rings. The van der Waals surface area contributed by atoms with E-state index in [0.29, 0.717) is 4.90 Å². The van der Waals surface area contributed by atoms with E-state index in [1.165, 1.54) is 24.3 Å². The van der Waals surface area contributed by atoms with Crippen molar-refractivity contribution in [2.75, 3.05) is 6.54 Å². The predicted octanol–water partition coefficient (Wildman–Crippen LogP) is 2.47. The van der Waals surface area contributed by atoms with Gasteiger partial charge in [0.2, 0.25) is 0 Å². The zero-order valence-electron chi connectivity index (χ0n) is 14.5. The highest BCUT2D eigenvalue weighted by Crippen LogP contribution is 2.34. The maximum absolute atomic E-state index is 13.8. The molecule has 1 heterocycles. The van der Waals surface area contributed by atoms with Gasteiger partial charge in [-0.25, -0.2) is 4.79 Å². The minimum Gasteiger partial charge on any atom is -0.314 e. The number of amides is 4. The zero-order chi connectivity index (χ0) is 20.4. The number of urea groups is 1. The molecule has 0 saturated carbocycles. The lowest BCUT2D eigenvalue weighted by Crippen LogP contribution is -2.69. The van der Waals surface area contributed by atoms with Gasteiger partial charge in [0.15, 0.2) is 0 Å². The first kappa shape index (κ1) is 19.4. The van der Waals surface area contributed by atoms with E-state index in [-0.39, 0.29) is 18.5 Å². The van der Waals surface area contributed by atoms with Gasteiger partial charge in [-0.2, -0.15) is 13.2 Å². The fourth-order valence-electron chi connectivity index (χ4n) is 2.84. The molecule has 1 aliphatic rings. The van der Waals surface area contributed by atoms with Gasteiger partial charge in [0.1, 0.15) is 0 Å². The molecule has 28 heavy (non-hydrogen) atoms. The Morgan fingerprint density at radius 3 is 2.14 bits per heavy atom. The predicted molar refractivity (Wildman–Crippen MR) is 93.1 cm³/mol. The first-order valence-corrected chi connectivity index (χ1v) is 8.37. The van der Waals surface area contributed by atoms with Crippen LogP contribution in [0.2, 0.25) is 0 Å². The highest BCUT2D eigenvalue weighted by molar-refractivity contribution is 6.10. The first-order chi connectivity index (χ1) is 13.2. The molecule has 1 atom stereocenters. The second-order valence-corrected chi connectivity index (χ2v) is 6.19. The van der Waals surface area contributed by atoms with Crippen LogP contribution >= 0.6 is 0 Å². The number of carbonyl (C=O) groups excluding carboxylic acids is 3. The maximum atomic E-state index is 13.8. The molecule has 0 aromatic heterocycles. The van der Waals surface area contributed by atoms with Gasteiger partial charge in [-0.3, -0.25) is 19.8 Å². The summed E-state index contributed by atoms with van der Waals surface area (Å²) >= 11 is 0. The lowest BCUT2D eigenvalue weighted by molar-refractivity contribution is -0.200. The van der Waals surface area contributed by atoms with Crippen molar-refractivity contribution in [3.8, 4) is 0 Å². The summed E-state index contributed by atoms with van der Waals surface area (Å²) < 4.78 is 41.3. The molecular formula is C19H16F3N3O3. The second kappa shape index (κ2) is 7.34. The van der Waals surface area contributed by atoms with Crippen LogP contribution in [0, 0.1) is 0 Å². The summed E-state index contributed by atoms with van der Waals surface area (Å²) in [4.78, 5) is 37.4. The van der Waals surface area contributed by atoms with Crippen molar-refractivity contribution in [2.24, 2.45) is 0 Å².